The van der Waals surface area contributed by atoms with E-state index in [1.54, 1.807) is 36.4 Å². The quantitative estimate of drug-likeness (QED) is 0.0388. The normalized spacial score (nSPS) is 14.4. The average Bonchev–Trinajstić information content (AvgIpc) is 3.08. The molecular formula is C34H24N6O9S. The van der Waals surface area contributed by atoms with Gasteiger partial charge in [-0.2, -0.15) is 13.5 Å². The first-order chi connectivity index (χ1) is 23.8. The van der Waals surface area contributed by atoms with Crippen LogP contribution in [0.25, 0.3) is 0 Å². The Balaban J connectivity index is 1.14. The van der Waals surface area contributed by atoms with Gasteiger partial charge in [0.1, 0.15) is 10.5 Å². The van der Waals surface area contributed by atoms with Gasteiger partial charge in [-0.05, 0) is 72.8 Å². The van der Waals surface area contributed by atoms with Crippen LogP contribution in [0.5, 0.6) is 0 Å². The zero-order valence-electron chi connectivity index (χ0n) is 25.4. The van der Waals surface area contributed by atoms with Crippen LogP contribution in [0, 0.1) is 0 Å². The maximum absolute atomic E-state index is 13.5. The predicted molar refractivity (Wildman–Crippen MR) is 184 cm³/mol. The molecule has 0 unspecified atom stereocenters. The van der Waals surface area contributed by atoms with Crippen molar-refractivity contribution < 1.29 is 42.0 Å². The second kappa shape index (κ2) is 12.9. The van der Waals surface area contributed by atoms with Crippen molar-refractivity contribution in [3.63, 3.8) is 0 Å². The molecule has 0 heterocycles. The standard InChI is InChI=1S/C34H24N6O9S/c35-30-27(50(47,48)49)16-25(28-29(30)32(43)23-4-2-1-3-22(23)31(28)42)36-17-5-7-18(8-6-17)37-34(46)38-19-9-11-20(12-10-19)39-40-21-13-14-26(41)24(15-21)33(44)45/h1-16,36,39H,35H2,(H,44,45)(H2,37,38,46)(H,47,48,49). The van der Waals surface area contributed by atoms with E-state index in [1.165, 1.54) is 42.5 Å². The van der Waals surface area contributed by atoms with E-state index in [-0.39, 0.29) is 33.7 Å². The van der Waals surface area contributed by atoms with Gasteiger partial charge in [0.25, 0.3) is 10.1 Å². The Morgan fingerprint density at radius 3 is 1.84 bits per heavy atom. The molecular weight excluding hydrogens is 668 g/mol. The summed E-state index contributed by atoms with van der Waals surface area (Å²) in [6, 6.07) is 19.0. The number of carbonyl (C=O) groups excluding carboxylic acids is 4. The molecule has 2 aliphatic carbocycles. The number of carboxylic acids is 1. The molecule has 0 saturated carbocycles. The number of carboxylic acid groups (broad SMARTS) is 1. The number of nitrogens with one attached hydrogen (secondary N) is 4. The van der Waals surface area contributed by atoms with E-state index in [0.29, 0.717) is 22.7 Å². The number of carbonyl (C=O) groups is 5. The van der Waals surface area contributed by atoms with Gasteiger partial charge >= 0.3 is 12.0 Å². The van der Waals surface area contributed by atoms with Crippen molar-refractivity contribution in [2.45, 2.75) is 4.90 Å². The summed E-state index contributed by atoms with van der Waals surface area (Å²) in [5, 5.41) is 21.4. The zero-order chi connectivity index (χ0) is 35.7. The number of urea groups is 1. The highest BCUT2D eigenvalue weighted by atomic mass is 32.2. The summed E-state index contributed by atoms with van der Waals surface area (Å²) < 4.78 is 34.2. The van der Waals surface area contributed by atoms with Crippen LogP contribution in [0.15, 0.2) is 113 Å². The number of hydrazone groups is 1. The molecule has 2 aliphatic rings. The number of anilines is 6. The molecule has 0 aromatic heterocycles. The first-order valence-electron chi connectivity index (χ1n) is 14.5. The van der Waals surface area contributed by atoms with Gasteiger partial charge in [0.2, 0.25) is 0 Å². The number of nitrogens with zero attached hydrogens (tertiary/aromatic N) is 1. The van der Waals surface area contributed by atoms with Crippen LogP contribution < -0.4 is 27.1 Å². The molecule has 0 radical (unpaired) electrons. The van der Waals surface area contributed by atoms with Gasteiger partial charge < -0.3 is 26.8 Å². The van der Waals surface area contributed by atoms with Gasteiger partial charge in [0, 0.05) is 28.2 Å². The molecule has 0 atom stereocenters. The van der Waals surface area contributed by atoms with Gasteiger partial charge in [0.05, 0.1) is 33.9 Å². The average molecular weight is 693 g/mol. The van der Waals surface area contributed by atoms with Gasteiger partial charge in [0.15, 0.2) is 17.3 Å². The number of amides is 2. The summed E-state index contributed by atoms with van der Waals surface area (Å²) in [5.41, 5.74) is 9.30. The Morgan fingerprint density at radius 2 is 1.28 bits per heavy atom. The van der Waals surface area contributed by atoms with Crippen LogP contribution in [-0.4, -0.2) is 53.1 Å². The summed E-state index contributed by atoms with van der Waals surface area (Å²) in [6.45, 7) is 0. The molecule has 0 spiro atoms. The van der Waals surface area contributed by atoms with E-state index < -0.39 is 55.6 Å². The second-order valence-corrected chi connectivity index (χ2v) is 12.2. The Kier molecular flexibility index (Phi) is 8.55. The van der Waals surface area contributed by atoms with Crippen LogP contribution in [0.3, 0.4) is 0 Å². The van der Waals surface area contributed by atoms with Crippen LogP contribution in [0.2, 0.25) is 0 Å². The summed E-state index contributed by atoms with van der Waals surface area (Å²) in [4.78, 5) is 61.6. The maximum Gasteiger partial charge on any atom is 0.339 e. The molecule has 4 aromatic carbocycles. The van der Waals surface area contributed by atoms with Crippen LogP contribution in [0.1, 0.15) is 31.8 Å². The number of ketones is 3. The zero-order valence-corrected chi connectivity index (χ0v) is 26.2. The first kappa shape index (κ1) is 33.0. The lowest BCUT2D eigenvalue weighted by Gasteiger charge is -2.23. The first-order valence-corrected chi connectivity index (χ1v) is 15.9. The Hall–Kier alpha value is -6.91. The minimum atomic E-state index is -4.89. The van der Waals surface area contributed by atoms with Gasteiger partial charge in [-0.1, -0.05) is 24.3 Å². The van der Waals surface area contributed by atoms with Crippen molar-refractivity contribution in [3.8, 4) is 0 Å². The Bertz CT molecular complexity index is 2350. The highest BCUT2D eigenvalue weighted by molar-refractivity contribution is 7.86. The van der Waals surface area contributed by atoms with Gasteiger partial charge in [-0.15, -0.1) is 0 Å². The fourth-order valence-electron chi connectivity index (χ4n) is 5.20. The lowest BCUT2D eigenvalue weighted by molar-refractivity contribution is -0.134. The number of nitrogens with two attached hydrogens (primary N) is 1. The van der Waals surface area contributed by atoms with E-state index in [0.717, 1.165) is 18.2 Å². The minimum Gasteiger partial charge on any atom is -0.478 e. The maximum atomic E-state index is 13.5. The molecule has 0 saturated heterocycles. The molecule has 15 nitrogen and oxygen atoms in total. The van der Waals surface area contributed by atoms with Crippen molar-refractivity contribution in [1.82, 2.24) is 0 Å². The van der Waals surface area contributed by atoms with Crippen molar-refractivity contribution in [2.75, 3.05) is 27.1 Å². The lowest BCUT2D eigenvalue weighted by Crippen LogP contribution is -2.25. The number of fused-ring (bicyclic) bond motifs is 2. The number of aliphatic carboxylic acids is 1. The van der Waals surface area contributed by atoms with Gasteiger partial charge in [-0.3, -0.25) is 24.4 Å². The second-order valence-electron chi connectivity index (χ2n) is 10.8. The lowest BCUT2D eigenvalue weighted by atomic mass is 9.82. The van der Waals surface area contributed by atoms with Crippen LogP contribution in [0.4, 0.5) is 38.9 Å². The summed E-state index contributed by atoms with van der Waals surface area (Å²) >= 11 is 0. The highest BCUT2D eigenvalue weighted by Crippen LogP contribution is 2.40. The van der Waals surface area contributed by atoms with E-state index >= 15 is 0 Å². The van der Waals surface area contributed by atoms with Crippen molar-refractivity contribution in [2.24, 2.45) is 5.10 Å². The van der Waals surface area contributed by atoms with Crippen LogP contribution in [-0.2, 0) is 19.7 Å². The molecule has 0 bridgehead atoms. The van der Waals surface area contributed by atoms with Gasteiger partial charge in [-0.25, -0.2) is 9.59 Å². The van der Waals surface area contributed by atoms with Crippen molar-refractivity contribution >= 4 is 79.3 Å². The predicted octanol–water partition coefficient (Wildman–Crippen LogP) is 4.60. The fraction of sp³-hybridized carbons (Fsp3) is 0. The number of hydrogen-bond acceptors (Lipinski definition) is 11. The Morgan fingerprint density at radius 1 is 0.740 bits per heavy atom. The summed E-state index contributed by atoms with van der Waals surface area (Å²) in [6.07, 6.45) is 3.63. The van der Waals surface area contributed by atoms with Crippen molar-refractivity contribution in [3.05, 3.63) is 125 Å². The fourth-order valence-corrected chi connectivity index (χ4v) is 5.85. The van der Waals surface area contributed by atoms with E-state index in [4.69, 9.17) is 10.8 Å². The monoisotopic (exact) mass is 692 g/mol. The molecule has 50 heavy (non-hydrogen) atoms. The van der Waals surface area contributed by atoms with Crippen LogP contribution >= 0.6 is 0 Å². The van der Waals surface area contributed by atoms with E-state index in [1.807, 2.05) is 0 Å². The summed E-state index contributed by atoms with van der Waals surface area (Å²) in [7, 11) is -4.89. The molecule has 4 aromatic rings. The molecule has 0 fully saturated rings. The minimum absolute atomic E-state index is 0.0494. The third kappa shape index (κ3) is 6.59. The third-order valence-corrected chi connectivity index (χ3v) is 8.44. The highest BCUT2D eigenvalue weighted by Gasteiger charge is 2.36. The smallest absolute Gasteiger partial charge is 0.339 e. The molecule has 16 heteroatoms. The molecule has 250 valence electrons. The molecule has 0 aliphatic heterocycles. The number of nitrogen functional groups attached to an aromatic ring is 1. The Labute approximate surface area is 282 Å². The van der Waals surface area contributed by atoms with E-state index in [2.05, 4.69) is 26.5 Å². The number of hydrogen-bond donors (Lipinski definition) is 7. The number of allylic oxidation sites excluding steroid dienone is 3. The molecule has 6 rings (SSSR count). The van der Waals surface area contributed by atoms with E-state index in [9.17, 15) is 36.9 Å². The topological polar surface area (TPSA) is 246 Å². The van der Waals surface area contributed by atoms with Crippen molar-refractivity contribution in [1.29, 1.82) is 0 Å². The number of rotatable bonds is 8. The largest absolute Gasteiger partial charge is 0.478 e. The SMILES string of the molecule is Nc1c(S(=O)(=O)O)cc(Nc2ccc(NC(=O)Nc3ccc(NN=C4C=CC(=O)C(C(=O)O)=C4)cc3)cc2)c2c1C(=O)c1ccccc1C2=O. The number of benzene rings is 4. The molecule has 2 amide bonds. The summed E-state index contributed by atoms with van der Waals surface area (Å²) in [5.74, 6) is -3.22. The third-order valence-electron chi connectivity index (χ3n) is 7.55. The molecule has 8 N–H and O–H groups in total.